The van der Waals surface area contributed by atoms with E-state index < -0.39 is 0 Å². The maximum absolute atomic E-state index is 12.4. The molecule has 1 aliphatic heterocycles. The first-order valence-electron chi connectivity index (χ1n) is 7.49. The molecule has 4 heteroatoms. The standard InChI is InChI=1S/C17H22N2O2/c1-18(2)10-8-13-14-11-12(21-3)6-7-15(14)19-9-4-5-16(20)17(13)19/h6-7,11H,4-5,8-10H2,1-3H3. The zero-order valence-corrected chi connectivity index (χ0v) is 13.0. The highest BCUT2D eigenvalue weighted by Crippen LogP contribution is 2.33. The summed E-state index contributed by atoms with van der Waals surface area (Å²) in [5.41, 5.74) is 3.27. The highest BCUT2D eigenvalue weighted by molar-refractivity contribution is 6.03. The number of aromatic nitrogens is 1. The van der Waals surface area contributed by atoms with Gasteiger partial charge in [-0.15, -0.1) is 0 Å². The number of methoxy groups -OCH3 is 1. The second-order valence-corrected chi connectivity index (χ2v) is 5.94. The minimum atomic E-state index is 0.283. The molecule has 0 atom stereocenters. The van der Waals surface area contributed by atoms with Crippen molar-refractivity contribution in [3.63, 3.8) is 0 Å². The fourth-order valence-electron chi connectivity index (χ4n) is 3.19. The Bertz CT molecular complexity index is 686. The normalized spacial score (nSPS) is 14.8. The number of benzene rings is 1. The van der Waals surface area contributed by atoms with Gasteiger partial charge in [0.1, 0.15) is 5.75 Å². The van der Waals surface area contributed by atoms with Gasteiger partial charge in [0, 0.05) is 30.4 Å². The number of Topliss-reactive ketones (excluding diaryl/α,β-unsaturated/α-hetero) is 1. The van der Waals surface area contributed by atoms with Gasteiger partial charge in [-0.25, -0.2) is 0 Å². The zero-order valence-electron chi connectivity index (χ0n) is 13.0. The van der Waals surface area contributed by atoms with Crippen LogP contribution in [0, 0.1) is 0 Å². The Labute approximate surface area is 125 Å². The summed E-state index contributed by atoms with van der Waals surface area (Å²) in [7, 11) is 5.81. The summed E-state index contributed by atoms with van der Waals surface area (Å²) >= 11 is 0. The molecule has 0 saturated heterocycles. The predicted octanol–water partition coefficient (Wildman–Crippen LogP) is 2.73. The van der Waals surface area contributed by atoms with Crippen LogP contribution in [0.15, 0.2) is 18.2 Å². The van der Waals surface area contributed by atoms with Crippen LogP contribution in [-0.4, -0.2) is 43.0 Å². The van der Waals surface area contributed by atoms with Gasteiger partial charge in [-0.2, -0.15) is 0 Å². The van der Waals surface area contributed by atoms with Gasteiger partial charge in [-0.3, -0.25) is 4.79 Å². The van der Waals surface area contributed by atoms with Gasteiger partial charge in [0.25, 0.3) is 0 Å². The van der Waals surface area contributed by atoms with Crippen molar-refractivity contribution in [3.8, 4) is 5.75 Å². The molecule has 0 unspecified atom stereocenters. The van der Waals surface area contributed by atoms with Crippen LogP contribution in [0.2, 0.25) is 0 Å². The Kier molecular flexibility index (Phi) is 3.72. The van der Waals surface area contributed by atoms with E-state index in [2.05, 4.69) is 35.7 Å². The average Bonchev–Trinajstić information content (AvgIpc) is 2.79. The van der Waals surface area contributed by atoms with Crippen LogP contribution in [0.3, 0.4) is 0 Å². The minimum Gasteiger partial charge on any atom is -0.497 e. The largest absolute Gasteiger partial charge is 0.497 e. The predicted molar refractivity (Wildman–Crippen MR) is 84.3 cm³/mol. The van der Waals surface area contributed by atoms with Gasteiger partial charge in [-0.05, 0) is 50.7 Å². The number of hydrogen-bond acceptors (Lipinski definition) is 3. The molecule has 112 valence electrons. The summed E-state index contributed by atoms with van der Waals surface area (Å²) < 4.78 is 7.56. The lowest BCUT2D eigenvalue weighted by Crippen LogP contribution is -2.20. The highest BCUT2D eigenvalue weighted by Gasteiger charge is 2.25. The van der Waals surface area contributed by atoms with Crippen molar-refractivity contribution in [2.45, 2.75) is 25.8 Å². The molecule has 0 bridgehead atoms. The first kappa shape index (κ1) is 14.1. The van der Waals surface area contributed by atoms with Crippen molar-refractivity contribution in [1.82, 2.24) is 9.47 Å². The van der Waals surface area contributed by atoms with E-state index >= 15 is 0 Å². The highest BCUT2D eigenvalue weighted by atomic mass is 16.5. The molecule has 4 nitrogen and oxygen atoms in total. The molecule has 0 saturated carbocycles. The Balaban J connectivity index is 2.19. The number of fused-ring (bicyclic) bond motifs is 3. The van der Waals surface area contributed by atoms with Gasteiger partial charge < -0.3 is 14.2 Å². The molecule has 2 heterocycles. The summed E-state index contributed by atoms with van der Waals surface area (Å²) in [5, 5.41) is 1.17. The van der Waals surface area contributed by atoms with E-state index in [9.17, 15) is 4.79 Å². The van der Waals surface area contributed by atoms with Crippen molar-refractivity contribution in [2.75, 3.05) is 27.7 Å². The van der Waals surface area contributed by atoms with E-state index in [1.807, 2.05) is 6.07 Å². The first-order chi connectivity index (χ1) is 10.1. The zero-order chi connectivity index (χ0) is 15.0. The second kappa shape index (κ2) is 5.53. The Hall–Kier alpha value is -1.81. The van der Waals surface area contributed by atoms with Crippen LogP contribution >= 0.6 is 0 Å². The SMILES string of the molecule is COc1ccc2c(c1)c(CCN(C)C)c1n2CCCC1=O. The number of nitrogens with zero attached hydrogens (tertiary/aromatic N) is 2. The lowest BCUT2D eigenvalue weighted by atomic mass is 10.0. The number of likely N-dealkylation sites (N-methyl/N-ethyl adjacent to an activating group) is 1. The summed E-state index contributed by atoms with van der Waals surface area (Å²) in [4.78, 5) is 14.6. The number of rotatable bonds is 4. The van der Waals surface area contributed by atoms with Gasteiger partial charge in [0.2, 0.25) is 0 Å². The van der Waals surface area contributed by atoms with E-state index in [0.29, 0.717) is 6.42 Å². The Morgan fingerprint density at radius 1 is 1.33 bits per heavy atom. The lowest BCUT2D eigenvalue weighted by Gasteiger charge is -2.17. The second-order valence-electron chi connectivity index (χ2n) is 5.94. The molecule has 1 aliphatic rings. The number of hydrogen-bond donors (Lipinski definition) is 0. The molecule has 21 heavy (non-hydrogen) atoms. The van der Waals surface area contributed by atoms with Crippen LogP contribution in [0.4, 0.5) is 0 Å². The topological polar surface area (TPSA) is 34.5 Å². The fraction of sp³-hybridized carbons (Fsp3) is 0.471. The van der Waals surface area contributed by atoms with Gasteiger partial charge in [0.15, 0.2) is 5.78 Å². The molecule has 0 amide bonds. The molecule has 1 aromatic carbocycles. The van der Waals surface area contributed by atoms with E-state index in [1.54, 1.807) is 7.11 Å². The van der Waals surface area contributed by atoms with E-state index in [-0.39, 0.29) is 5.78 Å². The van der Waals surface area contributed by atoms with E-state index in [4.69, 9.17) is 4.74 Å². The van der Waals surface area contributed by atoms with Crippen molar-refractivity contribution >= 4 is 16.7 Å². The molecule has 2 aromatic rings. The van der Waals surface area contributed by atoms with Gasteiger partial charge in [0.05, 0.1) is 12.8 Å². The summed E-state index contributed by atoms with van der Waals surface area (Å²) in [6.07, 6.45) is 2.50. The third-order valence-electron chi connectivity index (χ3n) is 4.23. The van der Waals surface area contributed by atoms with Gasteiger partial charge in [-0.1, -0.05) is 0 Å². The molecule has 3 rings (SSSR count). The van der Waals surface area contributed by atoms with Crippen LogP contribution in [0.5, 0.6) is 5.75 Å². The third-order valence-corrected chi connectivity index (χ3v) is 4.23. The maximum atomic E-state index is 12.4. The molecule has 0 spiro atoms. The van der Waals surface area contributed by atoms with Crippen molar-refractivity contribution in [1.29, 1.82) is 0 Å². The monoisotopic (exact) mass is 286 g/mol. The molecular formula is C17H22N2O2. The van der Waals surface area contributed by atoms with Crippen molar-refractivity contribution < 1.29 is 9.53 Å². The Morgan fingerprint density at radius 2 is 2.14 bits per heavy atom. The molecule has 1 aromatic heterocycles. The average molecular weight is 286 g/mol. The maximum Gasteiger partial charge on any atom is 0.179 e. The Morgan fingerprint density at radius 3 is 2.86 bits per heavy atom. The molecular weight excluding hydrogens is 264 g/mol. The smallest absolute Gasteiger partial charge is 0.179 e. The number of aryl methyl sites for hydroxylation is 1. The molecule has 0 radical (unpaired) electrons. The van der Waals surface area contributed by atoms with Crippen molar-refractivity contribution in [3.05, 3.63) is 29.5 Å². The summed E-state index contributed by atoms with van der Waals surface area (Å²) in [5.74, 6) is 1.13. The number of ether oxygens (including phenoxy) is 1. The number of ketones is 1. The van der Waals surface area contributed by atoms with Crippen LogP contribution in [-0.2, 0) is 13.0 Å². The molecule has 0 N–H and O–H groups in total. The van der Waals surface area contributed by atoms with Gasteiger partial charge >= 0.3 is 0 Å². The van der Waals surface area contributed by atoms with Crippen LogP contribution in [0.25, 0.3) is 10.9 Å². The number of carbonyl (C=O) groups excluding carboxylic acids is 1. The fourth-order valence-corrected chi connectivity index (χ4v) is 3.19. The number of carbonyl (C=O) groups is 1. The van der Waals surface area contributed by atoms with Crippen LogP contribution in [0.1, 0.15) is 28.9 Å². The summed E-state index contributed by atoms with van der Waals surface area (Å²) in [6.45, 7) is 1.88. The first-order valence-corrected chi connectivity index (χ1v) is 7.49. The van der Waals surface area contributed by atoms with E-state index in [0.717, 1.165) is 42.9 Å². The third kappa shape index (κ3) is 2.44. The van der Waals surface area contributed by atoms with Crippen molar-refractivity contribution in [2.24, 2.45) is 0 Å². The summed E-state index contributed by atoms with van der Waals surface area (Å²) in [6, 6.07) is 6.12. The van der Waals surface area contributed by atoms with E-state index in [1.165, 1.54) is 10.9 Å². The lowest BCUT2D eigenvalue weighted by molar-refractivity contribution is 0.0955. The molecule has 0 aliphatic carbocycles. The minimum absolute atomic E-state index is 0.283. The molecule has 0 fully saturated rings. The van der Waals surface area contributed by atoms with Crippen LogP contribution < -0.4 is 4.74 Å². The quantitative estimate of drug-likeness (QED) is 0.866.